The third-order valence-corrected chi connectivity index (χ3v) is 4.75. The number of piperazine rings is 1. The predicted molar refractivity (Wildman–Crippen MR) is 93.6 cm³/mol. The molecule has 1 heterocycles. The van der Waals surface area contributed by atoms with E-state index in [-0.39, 0.29) is 13.1 Å². The van der Waals surface area contributed by atoms with Gasteiger partial charge in [-0.05, 0) is 29.8 Å². The highest BCUT2D eigenvalue weighted by Gasteiger charge is 2.29. The van der Waals surface area contributed by atoms with Crippen molar-refractivity contribution in [3.8, 4) is 6.07 Å². The molecule has 2 aromatic rings. The van der Waals surface area contributed by atoms with Crippen molar-refractivity contribution in [2.75, 3.05) is 26.2 Å². The van der Waals surface area contributed by atoms with Crippen LogP contribution in [0.25, 0.3) is 0 Å². The Balaban J connectivity index is 1.71. The molecule has 140 valence electrons. The number of benzene rings is 2. The van der Waals surface area contributed by atoms with E-state index in [2.05, 4.69) is 6.07 Å². The summed E-state index contributed by atoms with van der Waals surface area (Å²) in [5.74, 6) is -5.20. The Morgan fingerprint density at radius 3 is 2.41 bits per heavy atom. The molecule has 1 saturated heterocycles. The highest BCUT2D eigenvalue weighted by Crippen LogP contribution is 2.25. The zero-order chi connectivity index (χ0) is 19.6. The maximum Gasteiger partial charge on any atom is 0.257 e. The topological polar surface area (TPSA) is 47.3 Å². The fraction of sp³-hybridized carbons (Fsp3) is 0.263. The monoisotopic (exact) mass is 393 g/mol. The third kappa shape index (κ3) is 3.92. The smallest absolute Gasteiger partial charge is 0.257 e. The van der Waals surface area contributed by atoms with Crippen LogP contribution in [0.1, 0.15) is 22.0 Å². The van der Waals surface area contributed by atoms with Gasteiger partial charge in [-0.2, -0.15) is 5.26 Å². The minimum atomic E-state index is -1.66. The Morgan fingerprint density at radius 2 is 1.78 bits per heavy atom. The Morgan fingerprint density at radius 1 is 1.07 bits per heavy atom. The van der Waals surface area contributed by atoms with E-state index < -0.39 is 35.0 Å². The van der Waals surface area contributed by atoms with Crippen LogP contribution in [0, 0.1) is 28.8 Å². The van der Waals surface area contributed by atoms with E-state index in [1.54, 1.807) is 24.3 Å². The Kier molecular flexibility index (Phi) is 5.68. The quantitative estimate of drug-likeness (QED) is 0.746. The summed E-state index contributed by atoms with van der Waals surface area (Å²) in [5, 5.41) is 10.1. The second-order valence-electron chi connectivity index (χ2n) is 6.14. The van der Waals surface area contributed by atoms with Crippen molar-refractivity contribution >= 4 is 17.5 Å². The van der Waals surface area contributed by atoms with Crippen molar-refractivity contribution in [3.63, 3.8) is 0 Å². The molecule has 1 unspecified atom stereocenters. The summed E-state index contributed by atoms with van der Waals surface area (Å²) in [4.78, 5) is 15.7. The first-order valence-corrected chi connectivity index (χ1v) is 8.62. The lowest BCUT2D eigenvalue weighted by Gasteiger charge is -2.37. The van der Waals surface area contributed by atoms with E-state index in [4.69, 9.17) is 11.6 Å². The average Bonchev–Trinajstić information content (AvgIpc) is 2.67. The molecule has 0 radical (unpaired) electrons. The molecule has 8 heteroatoms. The lowest BCUT2D eigenvalue weighted by atomic mass is 10.1. The number of hydrogen-bond donors (Lipinski definition) is 0. The summed E-state index contributed by atoms with van der Waals surface area (Å²) < 4.78 is 40.3. The largest absolute Gasteiger partial charge is 0.336 e. The molecule has 0 saturated carbocycles. The normalized spacial score (nSPS) is 16.0. The number of halogens is 4. The summed E-state index contributed by atoms with van der Waals surface area (Å²) in [6.45, 7) is 1.22. The highest BCUT2D eigenvalue weighted by molar-refractivity contribution is 6.30. The standard InChI is InChI=1S/C19H15ClF3N3O/c20-13-3-1-2-12(10-13)16(11-24)25-6-8-26(9-7-25)19(27)14-4-5-15(21)18(23)17(14)22/h1-5,10,16H,6-9H2. The molecule has 0 spiro atoms. The Bertz CT molecular complexity index is 908. The van der Waals surface area contributed by atoms with Gasteiger partial charge in [-0.15, -0.1) is 0 Å². The second kappa shape index (κ2) is 7.99. The second-order valence-corrected chi connectivity index (χ2v) is 6.57. The van der Waals surface area contributed by atoms with Crippen molar-refractivity contribution in [1.82, 2.24) is 9.80 Å². The van der Waals surface area contributed by atoms with Crippen LogP contribution in [0.4, 0.5) is 13.2 Å². The highest BCUT2D eigenvalue weighted by atomic mass is 35.5. The van der Waals surface area contributed by atoms with Gasteiger partial charge in [-0.25, -0.2) is 13.2 Å². The molecule has 0 aliphatic carbocycles. The summed E-state index contributed by atoms with van der Waals surface area (Å²) in [6, 6.07) is 10.3. The van der Waals surface area contributed by atoms with Crippen LogP contribution in [0.2, 0.25) is 5.02 Å². The van der Waals surface area contributed by atoms with Gasteiger partial charge in [0.1, 0.15) is 6.04 Å². The molecule has 0 N–H and O–H groups in total. The lowest BCUT2D eigenvalue weighted by molar-refractivity contribution is 0.0600. The SMILES string of the molecule is N#CC(c1cccc(Cl)c1)N1CCN(C(=O)c2ccc(F)c(F)c2F)CC1. The van der Waals surface area contributed by atoms with E-state index >= 15 is 0 Å². The van der Waals surface area contributed by atoms with Crippen molar-refractivity contribution in [3.05, 3.63) is 70.0 Å². The van der Waals surface area contributed by atoms with Crippen LogP contribution in [0.15, 0.2) is 36.4 Å². The zero-order valence-electron chi connectivity index (χ0n) is 14.1. The number of carbonyl (C=O) groups is 1. The number of amides is 1. The number of nitriles is 1. The van der Waals surface area contributed by atoms with E-state index in [9.17, 15) is 23.2 Å². The molecule has 2 aromatic carbocycles. The average molecular weight is 394 g/mol. The molecule has 1 amide bonds. The summed E-state index contributed by atoms with van der Waals surface area (Å²) in [6.07, 6.45) is 0. The first kappa shape index (κ1) is 19.2. The van der Waals surface area contributed by atoms with Gasteiger partial charge >= 0.3 is 0 Å². The fourth-order valence-electron chi connectivity index (χ4n) is 3.09. The number of nitrogens with zero attached hydrogens (tertiary/aromatic N) is 3. The molecule has 4 nitrogen and oxygen atoms in total. The molecule has 1 aliphatic rings. The van der Waals surface area contributed by atoms with Crippen LogP contribution in [0.5, 0.6) is 0 Å². The molecule has 1 atom stereocenters. The van der Waals surface area contributed by atoms with E-state index in [0.29, 0.717) is 18.1 Å². The van der Waals surface area contributed by atoms with Crippen molar-refractivity contribution in [2.45, 2.75) is 6.04 Å². The lowest BCUT2D eigenvalue weighted by Crippen LogP contribution is -2.49. The van der Waals surface area contributed by atoms with Crippen molar-refractivity contribution < 1.29 is 18.0 Å². The molecule has 3 rings (SSSR count). The molecule has 27 heavy (non-hydrogen) atoms. The molecule has 1 fully saturated rings. The van der Waals surface area contributed by atoms with Crippen LogP contribution in [-0.4, -0.2) is 41.9 Å². The number of rotatable bonds is 3. The number of hydrogen-bond acceptors (Lipinski definition) is 3. The van der Waals surface area contributed by atoms with E-state index in [1.807, 2.05) is 4.90 Å². The predicted octanol–water partition coefficient (Wildman–Crippen LogP) is 3.78. The molecule has 0 aromatic heterocycles. The molecular weight excluding hydrogens is 379 g/mol. The van der Waals surface area contributed by atoms with Crippen LogP contribution < -0.4 is 0 Å². The van der Waals surface area contributed by atoms with Gasteiger partial charge in [-0.3, -0.25) is 9.69 Å². The maximum absolute atomic E-state index is 13.9. The van der Waals surface area contributed by atoms with Crippen LogP contribution in [0.3, 0.4) is 0 Å². The zero-order valence-corrected chi connectivity index (χ0v) is 14.9. The minimum absolute atomic E-state index is 0.232. The Labute approximate surface area is 159 Å². The van der Waals surface area contributed by atoms with Gasteiger partial charge in [0.2, 0.25) is 0 Å². The molecule has 0 bridgehead atoms. The van der Waals surface area contributed by atoms with Gasteiger partial charge in [0, 0.05) is 31.2 Å². The maximum atomic E-state index is 13.9. The van der Waals surface area contributed by atoms with Gasteiger partial charge in [0.05, 0.1) is 11.6 Å². The Hall–Kier alpha value is -2.56. The fourth-order valence-corrected chi connectivity index (χ4v) is 3.29. The van der Waals surface area contributed by atoms with Crippen LogP contribution in [-0.2, 0) is 0 Å². The molecule has 1 aliphatic heterocycles. The van der Waals surface area contributed by atoms with Gasteiger partial charge in [0.15, 0.2) is 17.5 Å². The third-order valence-electron chi connectivity index (χ3n) is 4.52. The van der Waals surface area contributed by atoms with Crippen molar-refractivity contribution in [1.29, 1.82) is 5.26 Å². The van der Waals surface area contributed by atoms with Crippen LogP contribution >= 0.6 is 11.6 Å². The van der Waals surface area contributed by atoms with Crippen molar-refractivity contribution in [2.24, 2.45) is 0 Å². The first-order chi connectivity index (χ1) is 12.9. The van der Waals surface area contributed by atoms with E-state index in [1.165, 1.54) is 4.90 Å². The van der Waals surface area contributed by atoms with E-state index in [0.717, 1.165) is 17.7 Å². The summed E-state index contributed by atoms with van der Waals surface area (Å²) >= 11 is 5.98. The minimum Gasteiger partial charge on any atom is -0.336 e. The summed E-state index contributed by atoms with van der Waals surface area (Å²) in [5.41, 5.74) is 0.241. The van der Waals surface area contributed by atoms with Gasteiger partial charge in [-0.1, -0.05) is 23.7 Å². The van der Waals surface area contributed by atoms with Gasteiger partial charge in [0.25, 0.3) is 5.91 Å². The number of carbonyl (C=O) groups excluding carboxylic acids is 1. The molecular formula is C19H15ClF3N3O. The summed E-state index contributed by atoms with van der Waals surface area (Å²) in [7, 11) is 0. The first-order valence-electron chi connectivity index (χ1n) is 8.24. The van der Waals surface area contributed by atoms with Gasteiger partial charge < -0.3 is 4.90 Å².